The molecule has 4 nitrogen and oxygen atoms in total. The third-order valence-corrected chi connectivity index (χ3v) is 1.72. The van der Waals surface area contributed by atoms with Crippen LogP contribution in [0.5, 0.6) is 0 Å². The van der Waals surface area contributed by atoms with Crippen molar-refractivity contribution in [2.75, 3.05) is 13.6 Å². The van der Waals surface area contributed by atoms with Gasteiger partial charge >= 0.3 is 0 Å². The number of quaternary nitrogens is 2. The first-order chi connectivity index (χ1) is 5.22. The van der Waals surface area contributed by atoms with Crippen molar-refractivity contribution in [3.05, 3.63) is 0 Å². The summed E-state index contributed by atoms with van der Waals surface area (Å²) in [4.78, 5) is 10.4. The Morgan fingerprint density at radius 3 is 2.64 bits per heavy atom. The third kappa shape index (κ3) is 4.75. The van der Waals surface area contributed by atoms with E-state index in [0.717, 1.165) is 19.4 Å². The molecule has 5 N–H and O–H groups in total. The van der Waals surface area contributed by atoms with Gasteiger partial charge in [0.15, 0.2) is 0 Å². The molecule has 11 heavy (non-hydrogen) atoms. The maximum atomic E-state index is 10.4. The van der Waals surface area contributed by atoms with Gasteiger partial charge in [-0.2, -0.15) is 0 Å². The van der Waals surface area contributed by atoms with Crippen LogP contribution in [0.2, 0.25) is 0 Å². The number of rotatable bonds is 6. The zero-order valence-corrected chi connectivity index (χ0v) is 7.01. The average molecular weight is 161 g/mol. The van der Waals surface area contributed by atoms with Crippen molar-refractivity contribution in [1.29, 1.82) is 0 Å². The molecule has 1 atom stereocenters. The van der Waals surface area contributed by atoms with Crippen molar-refractivity contribution in [2.45, 2.75) is 25.3 Å². The molecule has 0 aromatic carbocycles. The van der Waals surface area contributed by atoms with Crippen LogP contribution in [0.15, 0.2) is 0 Å². The first-order valence-corrected chi connectivity index (χ1v) is 4.02. The van der Waals surface area contributed by atoms with Crippen LogP contribution < -0.4 is 16.2 Å². The van der Waals surface area contributed by atoms with Gasteiger partial charge in [-0.3, -0.25) is 0 Å². The molecule has 0 spiro atoms. The first kappa shape index (κ1) is 10.4. The topological polar surface area (TPSA) is 84.4 Å². The standard InChI is InChI=1S/C7H16N2O2/c1-9-6(7(10)11)4-2-3-5-8/h6,9H,2-5,8H2,1H3,(H,10,11)/p+1/t6-/m0/s1. The van der Waals surface area contributed by atoms with E-state index in [2.05, 4.69) is 5.73 Å². The van der Waals surface area contributed by atoms with Crippen LogP contribution in [0, 0.1) is 0 Å². The van der Waals surface area contributed by atoms with E-state index in [1.54, 1.807) is 12.4 Å². The van der Waals surface area contributed by atoms with Gasteiger partial charge in [-0.15, -0.1) is 0 Å². The van der Waals surface area contributed by atoms with E-state index < -0.39 is 5.97 Å². The van der Waals surface area contributed by atoms with Crippen LogP contribution >= 0.6 is 0 Å². The van der Waals surface area contributed by atoms with Gasteiger partial charge in [0, 0.05) is 6.42 Å². The van der Waals surface area contributed by atoms with Crippen molar-refractivity contribution in [3.63, 3.8) is 0 Å². The van der Waals surface area contributed by atoms with Crippen molar-refractivity contribution in [2.24, 2.45) is 0 Å². The summed E-state index contributed by atoms with van der Waals surface area (Å²) in [5, 5.41) is 12.0. The van der Waals surface area contributed by atoms with Gasteiger partial charge in [-0.05, 0) is 12.8 Å². The normalized spacial score (nSPS) is 12.9. The maximum absolute atomic E-state index is 10.4. The molecule has 0 bridgehead atoms. The van der Waals surface area contributed by atoms with Crippen LogP contribution in [0.3, 0.4) is 0 Å². The zero-order valence-electron chi connectivity index (χ0n) is 7.01. The van der Waals surface area contributed by atoms with E-state index in [4.69, 9.17) is 0 Å². The molecular weight excluding hydrogens is 144 g/mol. The molecule has 0 fully saturated rings. The number of hydrogen-bond donors (Lipinski definition) is 2. The highest BCUT2D eigenvalue weighted by atomic mass is 16.4. The highest BCUT2D eigenvalue weighted by Crippen LogP contribution is 1.94. The number of carbonyl (C=O) groups excluding carboxylic acids is 1. The number of carboxylic acid groups (broad SMARTS) is 1. The Morgan fingerprint density at radius 2 is 2.27 bits per heavy atom. The Hall–Kier alpha value is -0.610. The molecule has 0 aliphatic rings. The van der Waals surface area contributed by atoms with Gasteiger partial charge in [0.2, 0.25) is 0 Å². The molecule has 0 aromatic heterocycles. The van der Waals surface area contributed by atoms with Gasteiger partial charge in [-0.1, -0.05) is 0 Å². The molecule has 0 amide bonds. The molecule has 0 radical (unpaired) electrons. The fraction of sp³-hybridized carbons (Fsp3) is 0.857. The maximum Gasteiger partial charge on any atom is 0.126 e. The molecule has 0 saturated carbocycles. The van der Waals surface area contributed by atoms with Crippen molar-refractivity contribution in [1.82, 2.24) is 0 Å². The molecule has 0 unspecified atom stereocenters. The highest BCUT2D eigenvalue weighted by molar-refractivity contribution is 5.69. The largest absolute Gasteiger partial charge is 0.544 e. The van der Waals surface area contributed by atoms with Crippen LogP contribution in [0.1, 0.15) is 19.3 Å². The minimum absolute atomic E-state index is 0.374. The van der Waals surface area contributed by atoms with Crippen LogP contribution in [0.4, 0.5) is 0 Å². The number of likely N-dealkylation sites (N-methyl/N-ethyl adjacent to an activating group) is 1. The van der Waals surface area contributed by atoms with Crippen molar-refractivity contribution < 1.29 is 21.0 Å². The molecule has 0 aliphatic heterocycles. The Balaban J connectivity index is 3.44. The molecule has 0 rings (SSSR count). The Morgan fingerprint density at radius 1 is 1.64 bits per heavy atom. The SMILES string of the molecule is C[NH2+][C@@H](CCCC[NH3+])C(=O)[O-]. The number of hydrogen-bond acceptors (Lipinski definition) is 2. The van der Waals surface area contributed by atoms with Gasteiger partial charge in [0.05, 0.1) is 19.6 Å². The molecule has 0 aliphatic carbocycles. The van der Waals surface area contributed by atoms with Gasteiger partial charge in [0.25, 0.3) is 0 Å². The summed E-state index contributed by atoms with van der Waals surface area (Å²) in [6.45, 7) is 0.878. The lowest BCUT2D eigenvalue weighted by Crippen LogP contribution is -2.89. The molecule has 0 heterocycles. The van der Waals surface area contributed by atoms with Crippen LogP contribution in [-0.4, -0.2) is 25.6 Å². The lowest BCUT2D eigenvalue weighted by molar-refractivity contribution is -0.658. The summed E-state index contributed by atoms with van der Waals surface area (Å²) in [5.41, 5.74) is 3.68. The predicted molar refractivity (Wildman–Crippen MR) is 38.3 cm³/mol. The number of carboxylic acids is 1. The smallest absolute Gasteiger partial charge is 0.126 e. The quantitative estimate of drug-likeness (QED) is 0.400. The second-order valence-electron chi connectivity index (χ2n) is 2.61. The molecule has 66 valence electrons. The van der Waals surface area contributed by atoms with E-state index >= 15 is 0 Å². The fourth-order valence-corrected chi connectivity index (χ4v) is 0.962. The molecular formula is C7H17N2O2+. The van der Waals surface area contributed by atoms with Crippen molar-refractivity contribution in [3.8, 4) is 0 Å². The van der Waals surface area contributed by atoms with E-state index in [0.29, 0.717) is 6.42 Å². The molecule has 4 heteroatoms. The summed E-state index contributed by atoms with van der Waals surface area (Å²) < 4.78 is 0. The summed E-state index contributed by atoms with van der Waals surface area (Å²) in [5.74, 6) is -0.962. The summed E-state index contributed by atoms with van der Waals surface area (Å²) in [7, 11) is 1.75. The first-order valence-electron chi connectivity index (χ1n) is 4.02. The minimum Gasteiger partial charge on any atom is -0.544 e. The van der Waals surface area contributed by atoms with Crippen LogP contribution in [-0.2, 0) is 4.79 Å². The van der Waals surface area contributed by atoms with E-state index in [-0.39, 0.29) is 6.04 Å². The van der Waals surface area contributed by atoms with E-state index in [9.17, 15) is 9.90 Å². The predicted octanol–water partition coefficient (Wildman–Crippen LogP) is -3.29. The lowest BCUT2D eigenvalue weighted by Gasteiger charge is -2.12. The number of aliphatic carboxylic acids is 1. The summed E-state index contributed by atoms with van der Waals surface area (Å²) >= 11 is 0. The number of carbonyl (C=O) groups is 1. The third-order valence-electron chi connectivity index (χ3n) is 1.72. The minimum atomic E-state index is -0.962. The highest BCUT2D eigenvalue weighted by Gasteiger charge is 2.09. The molecule has 0 saturated heterocycles. The van der Waals surface area contributed by atoms with Gasteiger partial charge in [-0.25, -0.2) is 0 Å². The van der Waals surface area contributed by atoms with Crippen LogP contribution in [0.25, 0.3) is 0 Å². The Labute approximate surface area is 66.8 Å². The van der Waals surface area contributed by atoms with E-state index in [1.807, 2.05) is 0 Å². The van der Waals surface area contributed by atoms with E-state index in [1.165, 1.54) is 0 Å². The van der Waals surface area contributed by atoms with Crippen molar-refractivity contribution >= 4 is 5.97 Å². The molecule has 0 aromatic rings. The summed E-state index contributed by atoms with van der Waals surface area (Å²) in [6.07, 6.45) is 2.61. The Kier molecular flexibility index (Phi) is 5.78. The fourth-order valence-electron chi connectivity index (χ4n) is 0.962. The van der Waals surface area contributed by atoms with Gasteiger partial charge < -0.3 is 21.0 Å². The lowest BCUT2D eigenvalue weighted by atomic mass is 10.1. The number of nitrogens with two attached hydrogens (primary N) is 1. The monoisotopic (exact) mass is 161 g/mol. The Bertz CT molecular complexity index is 117. The van der Waals surface area contributed by atoms with Gasteiger partial charge in [0.1, 0.15) is 6.04 Å². The average Bonchev–Trinajstić information content (AvgIpc) is 1.97. The zero-order chi connectivity index (χ0) is 8.69. The number of unbranched alkanes of at least 4 members (excludes halogenated alkanes) is 1. The second-order valence-corrected chi connectivity index (χ2v) is 2.61. The second kappa shape index (κ2) is 6.12. The summed E-state index contributed by atoms with van der Waals surface area (Å²) in [6, 6.07) is -0.374.